The third kappa shape index (κ3) is 3.69. The molecule has 7 heteroatoms. The summed E-state index contributed by atoms with van der Waals surface area (Å²) in [6.45, 7) is 1.38. The van der Waals surface area contributed by atoms with Crippen molar-refractivity contribution >= 4 is 11.6 Å². The van der Waals surface area contributed by atoms with Gasteiger partial charge in [-0.1, -0.05) is 0 Å². The van der Waals surface area contributed by atoms with Crippen molar-refractivity contribution in [2.45, 2.75) is 19.2 Å². The van der Waals surface area contributed by atoms with Crippen LogP contribution in [0.25, 0.3) is 0 Å². The van der Waals surface area contributed by atoms with Crippen LogP contribution in [-0.2, 0) is 9.53 Å². The number of nitrogens with zero attached hydrogens (tertiary/aromatic N) is 2. The second-order valence-corrected chi connectivity index (χ2v) is 3.67. The van der Waals surface area contributed by atoms with Gasteiger partial charge >= 0.3 is 12.1 Å². The van der Waals surface area contributed by atoms with Crippen LogP contribution in [0.3, 0.4) is 0 Å². The van der Waals surface area contributed by atoms with E-state index in [9.17, 15) is 18.0 Å². The number of pyridine rings is 1. The predicted octanol–water partition coefficient (Wildman–Crippen LogP) is 2.01. The topological polar surface area (TPSA) is 42.4 Å². The first-order chi connectivity index (χ1) is 8.36. The Morgan fingerprint density at radius 2 is 2.22 bits per heavy atom. The summed E-state index contributed by atoms with van der Waals surface area (Å²) in [7, 11) is 1.37. The average molecular weight is 262 g/mol. The quantitative estimate of drug-likeness (QED) is 0.833. The molecule has 100 valence electrons. The number of carbonyl (C=O) groups is 1. The molecule has 0 aliphatic heterocycles. The number of hydrogen-bond acceptors (Lipinski definition) is 3. The van der Waals surface area contributed by atoms with Gasteiger partial charge in [0.15, 0.2) is 0 Å². The first-order valence-corrected chi connectivity index (χ1v) is 5.17. The molecule has 0 aliphatic rings. The maximum atomic E-state index is 12.5. The first kappa shape index (κ1) is 14.4. The number of hydrogen-bond donors (Lipinski definition) is 0. The molecule has 0 spiro atoms. The molecule has 1 amide bonds. The van der Waals surface area contributed by atoms with E-state index >= 15 is 0 Å². The SMILES string of the molecule is COC(C)CN(C(=O)C(F)(F)F)c1cccnc1. The van der Waals surface area contributed by atoms with E-state index in [-0.39, 0.29) is 12.2 Å². The number of ether oxygens (including phenoxy) is 1. The Hall–Kier alpha value is -1.63. The lowest BCUT2D eigenvalue weighted by Crippen LogP contribution is -2.44. The summed E-state index contributed by atoms with van der Waals surface area (Å²) < 4.78 is 42.3. The summed E-state index contributed by atoms with van der Waals surface area (Å²) in [5.41, 5.74) is 0.0868. The van der Waals surface area contributed by atoms with Gasteiger partial charge < -0.3 is 9.64 Å². The first-order valence-electron chi connectivity index (χ1n) is 5.17. The molecule has 1 heterocycles. The summed E-state index contributed by atoms with van der Waals surface area (Å²) in [4.78, 5) is 15.6. The number of carbonyl (C=O) groups excluding carboxylic acids is 1. The van der Waals surface area contributed by atoms with Crippen LogP contribution in [0.4, 0.5) is 18.9 Å². The Bertz CT molecular complexity index is 395. The molecule has 1 atom stereocenters. The monoisotopic (exact) mass is 262 g/mol. The molecule has 18 heavy (non-hydrogen) atoms. The van der Waals surface area contributed by atoms with Crippen molar-refractivity contribution in [1.82, 2.24) is 4.98 Å². The zero-order valence-electron chi connectivity index (χ0n) is 9.94. The number of anilines is 1. The van der Waals surface area contributed by atoms with Gasteiger partial charge in [0.2, 0.25) is 0 Å². The fraction of sp³-hybridized carbons (Fsp3) is 0.455. The number of methoxy groups -OCH3 is 1. The van der Waals surface area contributed by atoms with Gasteiger partial charge in [0.1, 0.15) is 0 Å². The molecule has 1 rings (SSSR count). The minimum absolute atomic E-state index is 0.0868. The second kappa shape index (κ2) is 5.81. The summed E-state index contributed by atoms with van der Waals surface area (Å²) in [5.74, 6) is -1.93. The smallest absolute Gasteiger partial charge is 0.380 e. The Morgan fingerprint density at radius 3 is 2.67 bits per heavy atom. The van der Waals surface area contributed by atoms with Crippen LogP contribution < -0.4 is 4.90 Å². The highest BCUT2D eigenvalue weighted by Gasteiger charge is 2.43. The maximum absolute atomic E-state index is 12.5. The standard InChI is InChI=1S/C11H13F3N2O2/c1-8(18-2)7-16(10(17)11(12,13)14)9-4-3-5-15-6-9/h3-6,8H,7H2,1-2H3. The Kier molecular flexibility index (Phi) is 4.66. The predicted molar refractivity (Wildman–Crippen MR) is 59.1 cm³/mol. The highest BCUT2D eigenvalue weighted by atomic mass is 19.4. The number of alkyl halides is 3. The van der Waals surface area contributed by atoms with Crippen molar-refractivity contribution in [3.8, 4) is 0 Å². The lowest BCUT2D eigenvalue weighted by molar-refractivity contribution is -0.170. The molecular weight excluding hydrogens is 249 g/mol. The molecule has 0 aromatic carbocycles. The zero-order valence-corrected chi connectivity index (χ0v) is 9.94. The largest absolute Gasteiger partial charge is 0.471 e. The van der Waals surface area contributed by atoms with Gasteiger partial charge in [-0.3, -0.25) is 9.78 Å². The van der Waals surface area contributed by atoms with E-state index in [0.29, 0.717) is 4.90 Å². The van der Waals surface area contributed by atoms with Gasteiger partial charge in [-0.25, -0.2) is 0 Å². The van der Waals surface area contributed by atoms with E-state index in [1.807, 2.05) is 0 Å². The fourth-order valence-corrected chi connectivity index (χ4v) is 1.30. The van der Waals surface area contributed by atoms with Gasteiger partial charge in [-0.2, -0.15) is 13.2 Å². The van der Waals surface area contributed by atoms with Crippen LogP contribution in [0, 0.1) is 0 Å². The summed E-state index contributed by atoms with van der Waals surface area (Å²) >= 11 is 0. The molecule has 0 bridgehead atoms. The minimum atomic E-state index is -4.93. The lowest BCUT2D eigenvalue weighted by Gasteiger charge is -2.25. The summed E-state index contributed by atoms with van der Waals surface area (Å²) in [6, 6.07) is 2.85. The van der Waals surface area contributed by atoms with Crippen LogP contribution in [0.1, 0.15) is 6.92 Å². The van der Waals surface area contributed by atoms with Crippen molar-refractivity contribution in [3.05, 3.63) is 24.5 Å². The van der Waals surface area contributed by atoms with Gasteiger partial charge in [0.05, 0.1) is 24.5 Å². The van der Waals surface area contributed by atoms with E-state index in [0.717, 1.165) is 0 Å². The van der Waals surface area contributed by atoms with Gasteiger partial charge in [0, 0.05) is 13.3 Å². The average Bonchev–Trinajstić information content (AvgIpc) is 2.34. The van der Waals surface area contributed by atoms with Crippen molar-refractivity contribution in [2.24, 2.45) is 0 Å². The fourth-order valence-electron chi connectivity index (χ4n) is 1.30. The lowest BCUT2D eigenvalue weighted by atomic mass is 10.3. The molecule has 0 aliphatic carbocycles. The molecule has 0 saturated carbocycles. The molecule has 0 fully saturated rings. The Labute approximate surface area is 102 Å². The van der Waals surface area contributed by atoms with Crippen LogP contribution in [0.15, 0.2) is 24.5 Å². The molecular formula is C11H13F3N2O2. The van der Waals surface area contributed by atoms with E-state index in [4.69, 9.17) is 4.74 Å². The maximum Gasteiger partial charge on any atom is 0.471 e. The van der Waals surface area contributed by atoms with Gasteiger partial charge in [-0.05, 0) is 19.1 Å². The third-order valence-electron chi connectivity index (χ3n) is 2.29. The second-order valence-electron chi connectivity index (χ2n) is 3.67. The summed E-state index contributed by atoms with van der Waals surface area (Å²) in [6.07, 6.45) is -2.83. The molecule has 1 unspecified atom stereocenters. The van der Waals surface area contributed by atoms with Crippen molar-refractivity contribution < 1.29 is 22.7 Å². The molecule has 0 radical (unpaired) electrons. The highest BCUT2D eigenvalue weighted by Crippen LogP contribution is 2.23. The van der Waals surface area contributed by atoms with Crippen molar-refractivity contribution in [3.63, 3.8) is 0 Å². The van der Waals surface area contributed by atoms with Gasteiger partial charge in [-0.15, -0.1) is 0 Å². The van der Waals surface area contributed by atoms with Crippen molar-refractivity contribution in [1.29, 1.82) is 0 Å². The van der Waals surface area contributed by atoms with E-state index in [1.54, 1.807) is 6.92 Å². The molecule has 0 saturated heterocycles. The summed E-state index contributed by atoms with van der Waals surface area (Å²) in [5, 5.41) is 0. The molecule has 4 nitrogen and oxygen atoms in total. The van der Waals surface area contributed by atoms with E-state index in [2.05, 4.69) is 4.98 Å². The number of rotatable bonds is 4. The Morgan fingerprint density at radius 1 is 1.56 bits per heavy atom. The minimum Gasteiger partial charge on any atom is -0.380 e. The zero-order chi connectivity index (χ0) is 13.8. The van der Waals surface area contributed by atoms with E-state index in [1.165, 1.54) is 31.6 Å². The third-order valence-corrected chi connectivity index (χ3v) is 2.29. The number of halogens is 3. The van der Waals surface area contributed by atoms with Gasteiger partial charge in [0.25, 0.3) is 0 Å². The highest BCUT2D eigenvalue weighted by molar-refractivity contribution is 5.97. The normalized spacial score (nSPS) is 13.2. The number of aromatic nitrogens is 1. The van der Waals surface area contributed by atoms with Crippen LogP contribution in [-0.4, -0.2) is 36.8 Å². The number of amides is 1. The molecule has 0 N–H and O–H groups in total. The van der Waals surface area contributed by atoms with E-state index < -0.39 is 18.2 Å². The molecule has 1 aromatic rings. The van der Waals surface area contributed by atoms with Crippen LogP contribution in [0.5, 0.6) is 0 Å². The molecule has 1 aromatic heterocycles. The van der Waals surface area contributed by atoms with Crippen molar-refractivity contribution in [2.75, 3.05) is 18.6 Å². The van der Waals surface area contributed by atoms with Crippen LogP contribution in [0.2, 0.25) is 0 Å². The Balaban J connectivity index is 3.00. The van der Waals surface area contributed by atoms with Crippen LogP contribution >= 0.6 is 0 Å².